The fourth-order valence-corrected chi connectivity index (χ4v) is 2.85. The summed E-state index contributed by atoms with van der Waals surface area (Å²) in [7, 11) is -3.22. The fourth-order valence-electron chi connectivity index (χ4n) is 2.22. The Morgan fingerprint density at radius 3 is 2.09 bits per heavy atom. The van der Waals surface area contributed by atoms with Gasteiger partial charge in [-0.25, -0.2) is 8.42 Å². The second-order valence-corrected chi connectivity index (χ2v) is 7.40. The van der Waals surface area contributed by atoms with Crippen molar-refractivity contribution in [3.05, 3.63) is 59.2 Å². The van der Waals surface area contributed by atoms with Crippen molar-refractivity contribution in [1.29, 1.82) is 0 Å². The number of aliphatic hydroxyl groups is 1. The Morgan fingerprint density at radius 1 is 1.05 bits per heavy atom. The summed E-state index contributed by atoms with van der Waals surface area (Å²) in [6, 6.07) is 12.1. The number of benzene rings is 2. The molecule has 0 amide bonds. The number of hydrogen-bond donors (Lipinski definition) is 1. The van der Waals surface area contributed by atoms with Gasteiger partial charge in [0, 0.05) is 6.26 Å². The van der Waals surface area contributed by atoms with E-state index in [-0.39, 0.29) is 11.5 Å². The van der Waals surface area contributed by atoms with Crippen molar-refractivity contribution < 1.29 is 18.3 Å². The Labute approximate surface area is 131 Å². The molecule has 2 aromatic carbocycles. The minimum Gasteiger partial charge on any atom is -0.490 e. The first-order valence-corrected chi connectivity index (χ1v) is 8.85. The molecule has 0 saturated heterocycles. The molecular formula is C17H20O4S. The second kappa shape index (κ2) is 6.50. The molecule has 0 bridgehead atoms. The number of para-hydroxylation sites is 1. The first-order chi connectivity index (χ1) is 10.3. The van der Waals surface area contributed by atoms with Crippen molar-refractivity contribution in [1.82, 2.24) is 0 Å². The maximum Gasteiger partial charge on any atom is 0.175 e. The molecule has 1 N–H and O–H groups in total. The highest BCUT2D eigenvalue weighted by Gasteiger charge is 2.12. The van der Waals surface area contributed by atoms with Gasteiger partial charge in [-0.05, 0) is 42.7 Å². The van der Waals surface area contributed by atoms with E-state index in [0.29, 0.717) is 5.56 Å². The van der Waals surface area contributed by atoms with Gasteiger partial charge >= 0.3 is 0 Å². The summed E-state index contributed by atoms with van der Waals surface area (Å²) in [5, 5.41) is 10.2. The van der Waals surface area contributed by atoms with Crippen molar-refractivity contribution in [3.63, 3.8) is 0 Å². The maximum atomic E-state index is 11.4. The molecule has 22 heavy (non-hydrogen) atoms. The zero-order chi connectivity index (χ0) is 16.3. The average Bonchev–Trinajstić information content (AvgIpc) is 2.46. The number of rotatable bonds is 5. The molecule has 1 unspecified atom stereocenters. The first kappa shape index (κ1) is 16.5. The summed E-state index contributed by atoms with van der Waals surface area (Å²) in [4.78, 5) is 0.235. The molecule has 2 aromatic rings. The molecule has 2 rings (SSSR count). The minimum absolute atomic E-state index is 0.115. The molecule has 118 valence electrons. The Morgan fingerprint density at radius 2 is 1.59 bits per heavy atom. The van der Waals surface area contributed by atoms with Gasteiger partial charge < -0.3 is 9.84 Å². The van der Waals surface area contributed by atoms with Crippen LogP contribution in [0, 0.1) is 13.8 Å². The van der Waals surface area contributed by atoms with Gasteiger partial charge in [0.2, 0.25) is 0 Å². The molecule has 0 radical (unpaired) electrons. The number of hydrogen-bond acceptors (Lipinski definition) is 4. The quantitative estimate of drug-likeness (QED) is 0.920. The standard InChI is InChI=1S/C17H20O4S/c1-12-5-4-6-13(2)17(12)21-11-16(18)14-7-9-15(10-8-14)22(3,19)20/h4-10,16,18H,11H2,1-3H3. The Kier molecular flexibility index (Phi) is 4.88. The van der Waals surface area contributed by atoms with Gasteiger partial charge in [0.1, 0.15) is 18.5 Å². The third-order valence-electron chi connectivity index (χ3n) is 3.49. The van der Waals surface area contributed by atoms with Crippen LogP contribution >= 0.6 is 0 Å². The lowest BCUT2D eigenvalue weighted by Crippen LogP contribution is -2.11. The van der Waals surface area contributed by atoms with Gasteiger partial charge in [0.05, 0.1) is 4.90 Å². The number of aliphatic hydroxyl groups excluding tert-OH is 1. The van der Waals surface area contributed by atoms with Crippen LogP contribution in [0.15, 0.2) is 47.4 Å². The van der Waals surface area contributed by atoms with E-state index in [4.69, 9.17) is 4.74 Å². The molecule has 4 nitrogen and oxygen atoms in total. The predicted molar refractivity (Wildman–Crippen MR) is 85.9 cm³/mol. The van der Waals surface area contributed by atoms with Gasteiger partial charge in [-0.2, -0.15) is 0 Å². The minimum atomic E-state index is -3.22. The molecule has 5 heteroatoms. The van der Waals surface area contributed by atoms with E-state index >= 15 is 0 Å². The summed E-state index contributed by atoms with van der Waals surface area (Å²) < 4.78 is 28.5. The second-order valence-electron chi connectivity index (χ2n) is 5.39. The molecule has 0 spiro atoms. The predicted octanol–water partition coefficient (Wildman–Crippen LogP) is 2.82. The Hall–Kier alpha value is -1.85. The molecule has 0 saturated carbocycles. The normalized spacial score (nSPS) is 12.9. The third-order valence-corrected chi connectivity index (χ3v) is 4.62. The van der Waals surface area contributed by atoms with E-state index < -0.39 is 15.9 Å². The van der Waals surface area contributed by atoms with Crippen molar-refractivity contribution in [3.8, 4) is 5.75 Å². The molecule has 0 aliphatic heterocycles. The van der Waals surface area contributed by atoms with Crippen LogP contribution in [-0.4, -0.2) is 26.4 Å². The van der Waals surface area contributed by atoms with E-state index in [1.165, 1.54) is 12.1 Å². The lowest BCUT2D eigenvalue weighted by molar-refractivity contribution is 0.107. The van der Waals surface area contributed by atoms with Gasteiger partial charge in [-0.3, -0.25) is 0 Å². The maximum absolute atomic E-state index is 11.4. The third kappa shape index (κ3) is 3.87. The zero-order valence-electron chi connectivity index (χ0n) is 12.9. The van der Waals surface area contributed by atoms with Crippen molar-refractivity contribution in [2.75, 3.05) is 12.9 Å². The topological polar surface area (TPSA) is 63.6 Å². The fraction of sp³-hybridized carbons (Fsp3) is 0.294. The highest BCUT2D eigenvalue weighted by atomic mass is 32.2. The van der Waals surface area contributed by atoms with E-state index in [9.17, 15) is 13.5 Å². The lowest BCUT2D eigenvalue weighted by atomic mass is 10.1. The Bertz CT molecular complexity index is 728. The Balaban J connectivity index is 2.08. The molecule has 0 heterocycles. The van der Waals surface area contributed by atoms with Crippen LogP contribution in [0.25, 0.3) is 0 Å². The van der Waals surface area contributed by atoms with E-state index in [2.05, 4.69) is 0 Å². The van der Waals surface area contributed by atoms with Crippen LogP contribution in [0.5, 0.6) is 5.75 Å². The van der Waals surface area contributed by atoms with E-state index in [0.717, 1.165) is 23.1 Å². The molecule has 0 aromatic heterocycles. The molecule has 0 aliphatic carbocycles. The van der Waals surface area contributed by atoms with E-state index in [1.54, 1.807) is 12.1 Å². The largest absolute Gasteiger partial charge is 0.490 e. The number of ether oxygens (including phenoxy) is 1. The van der Waals surface area contributed by atoms with Crippen LogP contribution < -0.4 is 4.74 Å². The highest BCUT2D eigenvalue weighted by molar-refractivity contribution is 7.90. The van der Waals surface area contributed by atoms with E-state index in [1.807, 2.05) is 32.0 Å². The monoisotopic (exact) mass is 320 g/mol. The van der Waals surface area contributed by atoms with Crippen molar-refractivity contribution in [2.24, 2.45) is 0 Å². The highest BCUT2D eigenvalue weighted by Crippen LogP contribution is 2.24. The van der Waals surface area contributed by atoms with Crippen molar-refractivity contribution in [2.45, 2.75) is 24.8 Å². The number of aryl methyl sites for hydroxylation is 2. The summed E-state index contributed by atoms with van der Waals surface area (Å²) in [6.45, 7) is 4.02. The summed E-state index contributed by atoms with van der Waals surface area (Å²) in [5.41, 5.74) is 2.65. The lowest BCUT2D eigenvalue weighted by Gasteiger charge is -2.16. The average molecular weight is 320 g/mol. The van der Waals surface area contributed by atoms with Crippen molar-refractivity contribution >= 4 is 9.84 Å². The molecule has 0 fully saturated rings. The summed E-state index contributed by atoms with van der Waals surface area (Å²) >= 11 is 0. The molecule has 1 atom stereocenters. The molecular weight excluding hydrogens is 300 g/mol. The van der Waals surface area contributed by atoms with Gasteiger partial charge in [-0.1, -0.05) is 30.3 Å². The van der Waals surface area contributed by atoms with Crippen LogP contribution in [0.4, 0.5) is 0 Å². The SMILES string of the molecule is Cc1cccc(C)c1OCC(O)c1ccc(S(C)(=O)=O)cc1. The van der Waals surface area contributed by atoms with Gasteiger partial charge in [-0.15, -0.1) is 0 Å². The van der Waals surface area contributed by atoms with Crippen LogP contribution in [0.2, 0.25) is 0 Å². The molecule has 0 aliphatic rings. The zero-order valence-corrected chi connectivity index (χ0v) is 13.7. The van der Waals surface area contributed by atoms with Crippen LogP contribution in [0.3, 0.4) is 0 Å². The number of sulfone groups is 1. The van der Waals surface area contributed by atoms with Crippen LogP contribution in [-0.2, 0) is 9.84 Å². The summed E-state index contributed by atoms with van der Waals surface area (Å²) in [5.74, 6) is 0.773. The van der Waals surface area contributed by atoms with Gasteiger partial charge in [0.25, 0.3) is 0 Å². The van der Waals surface area contributed by atoms with Crippen LogP contribution in [0.1, 0.15) is 22.8 Å². The van der Waals surface area contributed by atoms with Gasteiger partial charge in [0.15, 0.2) is 9.84 Å². The summed E-state index contributed by atoms with van der Waals surface area (Å²) in [6.07, 6.45) is 0.343. The first-order valence-electron chi connectivity index (χ1n) is 6.96. The smallest absolute Gasteiger partial charge is 0.175 e.